The minimum absolute atomic E-state index is 0.172. The van der Waals surface area contributed by atoms with Gasteiger partial charge in [-0.15, -0.1) is 0 Å². The molecule has 150 valence electrons. The van der Waals surface area contributed by atoms with Crippen LogP contribution in [0.25, 0.3) is 0 Å². The monoisotopic (exact) mass is 391 g/mol. The van der Waals surface area contributed by atoms with Crippen LogP contribution in [0.4, 0.5) is 13.2 Å². The highest BCUT2D eigenvalue weighted by Crippen LogP contribution is 2.40. The summed E-state index contributed by atoms with van der Waals surface area (Å²) in [6, 6.07) is 10.7. The first-order valence-electron chi connectivity index (χ1n) is 9.38. The van der Waals surface area contributed by atoms with Crippen LogP contribution in [0.1, 0.15) is 46.7 Å². The highest BCUT2D eigenvalue weighted by molar-refractivity contribution is 5.70. The summed E-state index contributed by atoms with van der Waals surface area (Å²) in [5, 5.41) is 9.44. The van der Waals surface area contributed by atoms with Crippen molar-refractivity contribution in [2.24, 2.45) is 5.92 Å². The average Bonchev–Trinajstić information content (AvgIpc) is 2.61. The Morgan fingerprint density at radius 1 is 1.14 bits per heavy atom. The molecule has 2 aromatic carbocycles. The van der Waals surface area contributed by atoms with E-state index in [1.165, 1.54) is 12.1 Å². The lowest BCUT2D eigenvalue weighted by Crippen LogP contribution is -2.41. The smallest absolute Gasteiger partial charge is 0.416 e. The summed E-state index contributed by atoms with van der Waals surface area (Å²) in [7, 11) is 0. The Hall–Kier alpha value is -2.34. The molecule has 0 spiro atoms. The van der Waals surface area contributed by atoms with Gasteiger partial charge in [-0.1, -0.05) is 47.5 Å². The van der Waals surface area contributed by atoms with Gasteiger partial charge in [-0.05, 0) is 50.4 Å². The summed E-state index contributed by atoms with van der Waals surface area (Å²) >= 11 is 0. The normalized spacial score (nSPS) is 19.4. The van der Waals surface area contributed by atoms with Gasteiger partial charge >= 0.3 is 12.1 Å². The predicted molar refractivity (Wildman–Crippen MR) is 101 cm³/mol. The van der Waals surface area contributed by atoms with Crippen molar-refractivity contribution >= 4 is 5.97 Å². The van der Waals surface area contributed by atoms with Crippen molar-refractivity contribution in [3.63, 3.8) is 0 Å². The van der Waals surface area contributed by atoms with E-state index in [0.717, 1.165) is 22.8 Å². The molecule has 3 rings (SSSR count). The fraction of sp³-hybridized carbons (Fsp3) is 0.409. The van der Waals surface area contributed by atoms with Crippen LogP contribution in [0.15, 0.2) is 42.5 Å². The second-order valence-electron chi connectivity index (χ2n) is 7.58. The number of alkyl halides is 3. The summed E-state index contributed by atoms with van der Waals surface area (Å²) in [5.74, 6) is -1.46. The third-order valence-electron chi connectivity index (χ3n) is 5.29. The number of aryl methyl sites for hydroxylation is 2. The molecule has 1 aliphatic rings. The number of nitrogens with zero attached hydrogens (tertiary/aromatic N) is 1. The third-order valence-corrected chi connectivity index (χ3v) is 5.29. The van der Waals surface area contributed by atoms with Crippen LogP contribution in [0.5, 0.6) is 0 Å². The molecule has 2 aromatic rings. The van der Waals surface area contributed by atoms with E-state index in [4.69, 9.17) is 0 Å². The van der Waals surface area contributed by atoms with Crippen LogP contribution >= 0.6 is 0 Å². The second-order valence-corrected chi connectivity index (χ2v) is 7.58. The zero-order chi connectivity index (χ0) is 20.5. The van der Waals surface area contributed by atoms with Crippen molar-refractivity contribution in [2.75, 3.05) is 13.1 Å². The molecule has 1 heterocycles. The number of hydrogen-bond donors (Lipinski definition) is 1. The zero-order valence-electron chi connectivity index (χ0n) is 16.0. The van der Waals surface area contributed by atoms with Gasteiger partial charge in [-0.3, -0.25) is 9.69 Å². The fourth-order valence-corrected chi connectivity index (χ4v) is 4.19. The number of carboxylic acid groups (broad SMARTS) is 1. The van der Waals surface area contributed by atoms with E-state index >= 15 is 0 Å². The topological polar surface area (TPSA) is 40.5 Å². The molecular formula is C22H24F3NO2. The number of halogens is 3. The van der Waals surface area contributed by atoms with Crippen LogP contribution in [0.2, 0.25) is 0 Å². The number of hydrogen-bond acceptors (Lipinski definition) is 2. The molecular weight excluding hydrogens is 367 g/mol. The molecule has 1 fully saturated rings. The SMILES string of the molecule is Cc1cc(C)cc(C(c2ccccc2C(F)(F)F)N2CCCC(C(=O)O)C2)c1. The molecule has 28 heavy (non-hydrogen) atoms. The van der Waals surface area contributed by atoms with Crippen molar-refractivity contribution < 1.29 is 23.1 Å². The van der Waals surface area contributed by atoms with Gasteiger partial charge in [0.05, 0.1) is 17.5 Å². The first-order valence-corrected chi connectivity index (χ1v) is 9.38. The highest BCUT2D eigenvalue weighted by atomic mass is 19.4. The molecule has 6 heteroatoms. The molecule has 0 bridgehead atoms. The lowest BCUT2D eigenvalue weighted by molar-refractivity contribution is -0.144. The van der Waals surface area contributed by atoms with Crippen LogP contribution in [-0.4, -0.2) is 29.1 Å². The Morgan fingerprint density at radius 2 is 1.79 bits per heavy atom. The maximum atomic E-state index is 13.7. The Labute approximate surface area is 162 Å². The van der Waals surface area contributed by atoms with Crippen molar-refractivity contribution in [1.82, 2.24) is 4.90 Å². The standard InChI is InChI=1S/C22H24F3NO2/c1-14-10-15(2)12-17(11-14)20(26-9-5-6-16(13-26)21(27)28)18-7-3-4-8-19(18)22(23,24)25/h3-4,7-8,10-12,16,20H,5-6,9,13H2,1-2H3,(H,27,28). The van der Waals surface area contributed by atoms with E-state index in [0.29, 0.717) is 19.4 Å². The van der Waals surface area contributed by atoms with Crippen LogP contribution < -0.4 is 0 Å². The number of aliphatic carboxylic acids is 1. The van der Waals surface area contributed by atoms with E-state index in [1.54, 1.807) is 6.07 Å². The van der Waals surface area contributed by atoms with Gasteiger partial charge < -0.3 is 5.11 Å². The van der Waals surface area contributed by atoms with Crippen LogP contribution in [0, 0.1) is 19.8 Å². The Balaban J connectivity index is 2.15. The van der Waals surface area contributed by atoms with Gasteiger partial charge in [0, 0.05) is 6.54 Å². The van der Waals surface area contributed by atoms with E-state index in [2.05, 4.69) is 0 Å². The van der Waals surface area contributed by atoms with Gasteiger partial charge in [0.15, 0.2) is 0 Å². The molecule has 1 saturated heterocycles. The van der Waals surface area contributed by atoms with E-state index in [9.17, 15) is 23.1 Å². The third kappa shape index (κ3) is 4.38. The molecule has 2 unspecified atom stereocenters. The highest BCUT2D eigenvalue weighted by Gasteiger charge is 2.38. The predicted octanol–water partition coefficient (Wildman–Crippen LogP) is 5.21. The molecule has 1 N–H and O–H groups in total. The Morgan fingerprint density at radius 3 is 2.39 bits per heavy atom. The molecule has 0 aliphatic carbocycles. The van der Waals surface area contributed by atoms with Gasteiger partial charge in [0.25, 0.3) is 0 Å². The van der Waals surface area contributed by atoms with Crippen LogP contribution in [-0.2, 0) is 11.0 Å². The second kappa shape index (κ2) is 7.95. The van der Waals surface area contributed by atoms with Crippen molar-refractivity contribution in [3.05, 3.63) is 70.3 Å². The van der Waals surface area contributed by atoms with E-state index in [1.807, 2.05) is 36.9 Å². The first kappa shape index (κ1) is 20.4. The maximum Gasteiger partial charge on any atom is 0.416 e. The molecule has 0 radical (unpaired) electrons. The summed E-state index contributed by atoms with van der Waals surface area (Å²) < 4.78 is 41.2. The minimum Gasteiger partial charge on any atom is -0.481 e. The average molecular weight is 391 g/mol. The van der Waals surface area contributed by atoms with E-state index < -0.39 is 29.7 Å². The Bertz CT molecular complexity index is 843. The minimum atomic E-state index is -4.48. The first-order chi connectivity index (χ1) is 13.2. The largest absolute Gasteiger partial charge is 0.481 e. The lowest BCUT2D eigenvalue weighted by atomic mass is 9.88. The van der Waals surface area contributed by atoms with Crippen molar-refractivity contribution in [2.45, 2.75) is 38.9 Å². The Kier molecular flexibility index (Phi) is 5.79. The molecule has 0 saturated carbocycles. The van der Waals surface area contributed by atoms with Crippen LogP contribution in [0.3, 0.4) is 0 Å². The maximum absolute atomic E-state index is 13.7. The van der Waals surface area contributed by atoms with Crippen molar-refractivity contribution in [1.29, 1.82) is 0 Å². The molecule has 1 aliphatic heterocycles. The molecule has 3 nitrogen and oxygen atoms in total. The van der Waals surface area contributed by atoms with Gasteiger partial charge in [0.1, 0.15) is 0 Å². The number of piperidine rings is 1. The lowest BCUT2D eigenvalue weighted by Gasteiger charge is -2.38. The number of benzene rings is 2. The number of carboxylic acids is 1. The van der Waals surface area contributed by atoms with Gasteiger partial charge in [0.2, 0.25) is 0 Å². The molecule has 2 atom stereocenters. The van der Waals surface area contributed by atoms with Gasteiger partial charge in [-0.25, -0.2) is 0 Å². The van der Waals surface area contributed by atoms with E-state index in [-0.39, 0.29) is 12.1 Å². The number of carbonyl (C=O) groups is 1. The fourth-order valence-electron chi connectivity index (χ4n) is 4.19. The quantitative estimate of drug-likeness (QED) is 0.778. The number of rotatable bonds is 4. The van der Waals surface area contributed by atoms with Crippen molar-refractivity contribution in [3.8, 4) is 0 Å². The van der Waals surface area contributed by atoms with Gasteiger partial charge in [-0.2, -0.15) is 13.2 Å². The zero-order valence-corrected chi connectivity index (χ0v) is 16.0. The summed E-state index contributed by atoms with van der Waals surface area (Å²) in [5.41, 5.74) is 2.20. The summed E-state index contributed by atoms with van der Waals surface area (Å²) in [6.45, 7) is 4.63. The molecule has 0 aromatic heterocycles. The summed E-state index contributed by atoms with van der Waals surface area (Å²) in [4.78, 5) is 13.4. The number of likely N-dealkylation sites (tertiary alicyclic amines) is 1. The molecule has 0 amide bonds. The summed E-state index contributed by atoms with van der Waals surface area (Å²) in [6.07, 6.45) is -3.28.